The lowest BCUT2D eigenvalue weighted by Crippen LogP contribution is -2.00. The van der Waals surface area contributed by atoms with Crippen molar-refractivity contribution in [2.75, 3.05) is 0 Å². The van der Waals surface area contributed by atoms with Crippen molar-refractivity contribution in [3.8, 4) is 11.3 Å². The van der Waals surface area contributed by atoms with Crippen LogP contribution in [-0.2, 0) is 16.1 Å². The molecule has 3 nitrogen and oxygen atoms in total. The van der Waals surface area contributed by atoms with E-state index >= 15 is 0 Å². The molecule has 0 spiro atoms. The lowest BCUT2D eigenvalue weighted by atomic mass is 10.2. The summed E-state index contributed by atoms with van der Waals surface area (Å²) in [6.45, 7) is 0.248. The Morgan fingerprint density at radius 3 is 2.50 bits per heavy atom. The van der Waals surface area contributed by atoms with Crippen molar-refractivity contribution in [3.63, 3.8) is 0 Å². The maximum Gasteiger partial charge on any atom is 0.331 e. The second-order valence-electron chi connectivity index (χ2n) is 5.14. The third-order valence-corrected chi connectivity index (χ3v) is 3.62. The molecule has 1 aromatic heterocycles. The zero-order valence-corrected chi connectivity index (χ0v) is 13.6. The highest BCUT2D eigenvalue weighted by Gasteiger charge is 2.04. The summed E-state index contributed by atoms with van der Waals surface area (Å²) >= 11 is 5.87. The molecule has 0 atom stereocenters. The van der Waals surface area contributed by atoms with Crippen molar-refractivity contribution in [1.29, 1.82) is 0 Å². The topological polar surface area (TPSA) is 39.4 Å². The Kier molecular flexibility index (Phi) is 5.14. The molecular formula is C20H15ClO3. The molecule has 0 N–H and O–H groups in total. The fourth-order valence-corrected chi connectivity index (χ4v) is 2.26. The molecular weight excluding hydrogens is 324 g/mol. The van der Waals surface area contributed by atoms with Crippen LogP contribution in [0.3, 0.4) is 0 Å². The molecule has 3 rings (SSSR count). The highest BCUT2D eigenvalue weighted by molar-refractivity contribution is 6.30. The van der Waals surface area contributed by atoms with Crippen LogP contribution >= 0.6 is 11.6 Å². The van der Waals surface area contributed by atoms with Crippen LogP contribution < -0.4 is 0 Å². The molecule has 0 bridgehead atoms. The highest BCUT2D eigenvalue weighted by Crippen LogP contribution is 2.24. The molecule has 0 aliphatic heterocycles. The number of hydrogen-bond donors (Lipinski definition) is 0. The van der Waals surface area contributed by atoms with E-state index in [1.54, 1.807) is 24.3 Å². The summed E-state index contributed by atoms with van der Waals surface area (Å²) in [5.41, 5.74) is 1.87. The van der Waals surface area contributed by atoms with Crippen molar-refractivity contribution < 1.29 is 13.9 Å². The van der Waals surface area contributed by atoms with Crippen molar-refractivity contribution in [2.45, 2.75) is 6.61 Å². The van der Waals surface area contributed by atoms with Crippen molar-refractivity contribution in [2.24, 2.45) is 0 Å². The van der Waals surface area contributed by atoms with E-state index < -0.39 is 5.97 Å². The third kappa shape index (κ3) is 4.37. The van der Waals surface area contributed by atoms with Gasteiger partial charge in [-0.1, -0.05) is 41.9 Å². The van der Waals surface area contributed by atoms with Gasteiger partial charge in [0.15, 0.2) is 0 Å². The fourth-order valence-electron chi connectivity index (χ4n) is 2.14. The number of carbonyl (C=O) groups is 1. The second-order valence-corrected chi connectivity index (χ2v) is 5.57. The summed E-state index contributed by atoms with van der Waals surface area (Å²) < 4.78 is 10.9. The van der Waals surface area contributed by atoms with E-state index in [1.165, 1.54) is 6.08 Å². The van der Waals surface area contributed by atoms with Gasteiger partial charge in [0, 0.05) is 16.7 Å². The van der Waals surface area contributed by atoms with E-state index in [-0.39, 0.29) is 6.61 Å². The van der Waals surface area contributed by atoms with E-state index in [0.29, 0.717) is 16.5 Å². The Bertz CT molecular complexity index is 833. The molecule has 0 aliphatic carbocycles. The summed E-state index contributed by atoms with van der Waals surface area (Å²) in [6.07, 6.45) is 2.94. The number of benzene rings is 2. The van der Waals surface area contributed by atoms with Gasteiger partial charge in [-0.25, -0.2) is 4.79 Å². The Hall–Kier alpha value is -2.78. The van der Waals surface area contributed by atoms with Crippen molar-refractivity contribution in [1.82, 2.24) is 0 Å². The summed E-state index contributed by atoms with van der Waals surface area (Å²) in [4.78, 5) is 11.7. The smallest absolute Gasteiger partial charge is 0.331 e. The average molecular weight is 339 g/mol. The number of esters is 1. The van der Waals surface area contributed by atoms with Gasteiger partial charge in [-0.3, -0.25) is 0 Å². The Morgan fingerprint density at radius 2 is 1.75 bits per heavy atom. The molecule has 24 heavy (non-hydrogen) atoms. The van der Waals surface area contributed by atoms with Crippen molar-refractivity contribution in [3.05, 3.63) is 89.2 Å². The number of halogens is 1. The quantitative estimate of drug-likeness (QED) is 0.464. The van der Waals surface area contributed by atoms with E-state index in [0.717, 1.165) is 11.1 Å². The number of carbonyl (C=O) groups excluding carboxylic acids is 1. The van der Waals surface area contributed by atoms with Gasteiger partial charge in [-0.15, -0.1) is 0 Å². The van der Waals surface area contributed by atoms with Gasteiger partial charge in [0.25, 0.3) is 0 Å². The molecule has 3 aromatic rings. The van der Waals surface area contributed by atoms with Gasteiger partial charge in [0.2, 0.25) is 0 Å². The normalized spacial score (nSPS) is 10.9. The van der Waals surface area contributed by atoms with Gasteiger partial charge in [-0.05, 0) is 48.0 Å². The maximum absolute atomic E-state index is 11.7. The average Bonchev–Trinajstić information content (AvgIpc) is 3.09. The molecule has 0 saturated carbocycles. The lowest BCUT2D eigenvalue weighted by Gasteiger charge is -2.01. The third-order valence-electron chi connectivity index (χ3n) is 3.36. The molecule has 0 aliphatic rings. The SMILES string of the molecule is O=C(/C=C/c1ccc(-c2ccc(Cl)cc2)o1)OCc1ccccc1. The minimum absolute atomic E-state index is 0.248. The summed E-state index contributed by atoms with van der Waals surface area (Å²) in [5, 5.41) is 0.673. The Balaban J connectivity index is 1.58. The second kappa shape index (κ2) is 7.66. The molecule has 1 heterocycles. The van der Waals surface area contributed by atoms with Crippen LogP contribution in [0, 0.1) is 0 Å². The van der Waals surface area contributed by atoms with Crippen LogP contribution in [0.4, 0.5) is 0 Å². The summed E-state index contributed by atoms with van der Waals surface area (Å²) in [6, 6.07) is 20.5. The van der Waals surface area contributed by atoms with Crippen LogP contribution in [0.2, 0.25) is 5.02 Å². The van der Waals surface area contributed by atoms with Crippen LogP contribution in [0.5, 0.6) is 0 Å². The molecule has 2 aromatic carbocycles. The van der Waals surface area contributed by atoms with E-state index in [9.17, 15) is 4.79 Å². The predicted octanol–water partition coefficient (Wildman–Crippen LogP) is 5.36. The van der Waals surface area contributed by atoms with Crippen LogP contribution in [0.1, 0.15) is 11.3 Å². The summed E-state index contributed by atoms with van der Waals surface area (Å²) in [5.74, 6) is 0.879. The maximum atomic E-state index is 11.7. The zero-order valence-electron chi connectivity index (χ0n) is 12.8. The molecule has 0 fully saturated rings. The van der Waals surface area contributed by atoms with E-state index in [4.69, 9.17) is 20.8 Å². The van der Waals surface area contributed by atoms with E-state index in [1.807, 2.05) is 48.5 Å². The largest absolute Gasteiger partial charge is 0.458 e. The number of ether oxygens (including phenoxy) is 1. The van der Waals surface area contributed by atoms with Crippen LogP contribution in [0.25, 0.3) is 17.4 Å². The number of furan rings is 1. The zero-order chi connectivity index (χ0) is 16.8. The number of rotatable bonds is 5. The molecule has 0 unspecified atom stereocenters. The molecule has 120 valence electrons. The first-order chi connectivity index (χ1) is 11.7. The molecule has 0 saturated heterocycles. The minimum Gasteiger partial charge on any atom is -0.458 e. The first kappa shape index (κ1) is 16.1. The summed E-state index contributed by atoms with van der Waals surface area (Å²) in [7, 11) is 0. The van der Waals surface area contributed by atoms with E-state index in [2.05, 4.69) is 0 Å². The number of hydrogen-bond acceptors (Lipinski definition) is 3. The van der Waals surface area contributed by atoms with Gasteiger partial charge >= 0.3 is 5.97 Å². The van der Waals surface area contributed by atoms with Crippen LogP contribution in [-0.4, -0.2) is 5.97 Å². The van der Waals surface area contributed by atoms with Gasteiger partial charge < -0.3 is 9.15 Å². The Labute approximate surface area is 145 Å². The molecule has 4 heteroatoms. The molecule has 0 radical (unpaired) electrons. The first-order valence-electron chi connectivity index (χ1n) is 7.45. The lowest BCUT2D eigenvalue weighted by molar-refractivity contribution is -0.138. The predicted molar refractivity (Wildman–Crippen MR) is 94.4 cm³/mol. The van der Waals surface area contributed by atoms with Crippen molar-refractivity contribution >= 4 is 23.6 Å². The minimum atomic E-state index is -0.414. The van der Waals surface area contributed by atoms with Gasteiger partial charge in [0.1, 0.15) is 18.1 Å². The standard InChI is InChI=1S/C20H15ClO3/c21-17-8-6-16(7-9-17)19-12-10-18(24-19)11-13-20(22)23-14-15-4-2-1-3-5-15/h1-13H,14H2/b13-11+. The monoisotopic (exact) mass is 338 g/mol. The highest BCUT2D eigenvalue weighted by atomic mass is 35.5. The first-order valence-corrected chi connectivity index (χ1v) is 7.83. The fraction of sp³-hybridized carbons (Fsp3) is 0.0500. The van der Waals surface area contributed by atoms with Gasteiger partial charge in [0.05, 0.1) is 0 Å². The Morgan fingerprint density at radius 1 is 1.00 bits per heavy atom. The van der Waals surface area contributed by atoms with Gasteiger partial charge in [-0.2, -0.15) is 0 Å². The van der Waals surface area contributed by atoms with Crippen LogP contribution in [0.15, 0.2) is 77.2 Å². The molecule has 0 amide bonds.